The Hall–Kier alpha value is -1.48. The van der Waals surface area contributed by atoms with Crippen LogP contribution in [0.2, 0.25) is 0 Å². The van der Waals surface area contributed by atoms with Gasteiger partial charge in [0.2, 0.25) is 0 Å². The minimum atomic E-state index is 0.0984. The fourth-order valence-corrected chi connectivity index (χ4v) is 1.79. The molecule has 2 aromatic rings. The molecule has 80 valence electrons. The summed E-state index contributed by atoms with van der Waals surface area (Å²) in [6.07, 6.45) is 3.51. The van der Waals surface area contributed by atoms with Gasteiger partial charge in [0.05, 0.1) is 5.33 Å². The lowest BCUT2D eigenvalue weighted by atomic mass is 10.0. The molecular formula is C13H10BrNO. The van der Waals surface area contributed by atoms with Gasteiger partial charge in [-0.1, -0.05) is 40.2 Å². The summed E-state index contributed by atoms with van der Waals surface area (Å²) in [5, 5.41) is 0.363. The Balaban J connectivity index is 2.30. The third-order valence-electron chi connectivity index (χ3n) is 2.34. The summed E-state index contributed by atoms with van der Waals surface area (Å²) in [5.41, 5.74) is 2.93. The van der Waals surface area contributed by atoms with Crippen LogP contribution < -0.4 is 0 Å². The van der Waals surface area contributed by atoms with Crippen molar-refractivity contribution < 1.29 is 4.79 Å². The minimum Gasteiger partial charge on any atom is -0.293 e. The van der Waals surface area contributed by atoms with E-state index < -0.39 is 0 Å². The quantitative estimate of drug-likeness (QED) is 0.635. The molecule has 16 heavy (non-hydrogen) atoms. The van der Waals surface area contributed by atoms with Crippen LogP contribution in [-0.4, -0.2) is 16.1 Å². The molecule has 0 aliphatic heterocycles. The number of halogens is 1. The summed E-state index contributed by atoms with van der Waals surface area (Å²) in [6.45, 7) is 0. The van der Waals surface area contributed by atoms with E-state index in [1.165, 1.54) is 0 Å². The zero-order chi connectivity index (χ0) is 11.4. The molecule has 0 saturated carbocycles. The zero-order valence-electron chi connectivity index (χ0n) is 8.56. The molecule has 3 heteroatoms. The van der Waals surface area contributed by atoms with Crippen LogP contribution in [0.4, 0.5) is 0 Å². The maximum atomic E-state index is 11.4. The van der Waals surface area contributed by atoms with E-state index in [4.69, 9.17) is 0 Å². The highest BCUT2D eigenvalue weighted by Gasteiger charge is 2.03. The van der Waals surface area contributed by atoms with Crippen molar-refractivity contribution in [3.05, 3.63) is 54.4 Å². The molecule has 2 rings (SSSR count). The molecule has 0 aliphatic rings. The lowest BCUT2D eigenvalue weighted by Crippen LogP contribution is -1.98. The summed E-state index contributed by atoms with van der Waals surface area (Å²) in [5.74, 6) is 0.0984. The molecule has 0 amide bonds. The van der Waals surface area contributed by atoms with Gasteiger partial charge in [0.25, 0.3) is 0 Å². The molecule has 1 heterocycles. The highest BCUT2D eigenvalue weighted by Crippen LogP contribution is 2.18. The molecule has 1 aromatic carbocycles. The maximum Gasteiger partial charge on any atom is 0.173 e. The predicted octanol–water partition coefficient (Wildman–Crippen LogP) is 3.33. The van der Waals surface area contributed by atoms with Gasteiger partial charge in [0.15, 0.2) is 5.78 Å². The van der Waals surface area contributed by atoms with Gasteiger partial charge in [-0.15, -0.1) is 0 Å². The number of carbonyl (C=O) groups excluding carboxylic acids is 1. The summed E-state index contributed by atoms with van der Waals surface area (Å²) >= 11 is 3.16. The Bertz CT molecular complexity index is 479. The molecule has 0 spiro atoms. The molecule has 0 fully saturated rings. The van der Waals surface area contributed by atoms with Gasteiger partial charge in [-0.2, -0.15) is 0 Å². The highest BCUT2D eigenvalue weighted by atomic mass is 79.9. The van der Waals surface area contributed by atoms with Crippen molar-refractivity contribution in [2.75, 3.05) is 5.33 Å². The SMILES string of the molecule is O=C(CBr)c1ccc(-c2ccncc2)cc1. The van der Waals surface area contributed by atoms with Gasteiger partial charge < -0.3 is 0 Å². The van der Waals surface area contributed by atoms with Crippen LogP contribution in [-0.2, 0) is 0 Å². The second kappa shape index (κ2) is 5.03. The van der Waals surface area contributed by atoms with E-state index in [1.54, 1.807) is 12.4 Å². The first-order chi connectivity index (χ1) is 7.81. The molecule has 0 radical (unpaired) electrons. The van der Waals surface area contributed by atoms with Crippen molar-refractivity contribution in [1.29, 1.82) is 0 Å². The van der Waals surface area contributed by atoms with Crippen molar-refractivity contribution in [3.8, 4) is 11.1 Å². The number of aromatic nitrogens is 1. The van der Waals surface area contributed by atoms with Crippen LogP contribution in [0.1, 0.15) is 10.4 Å². The number of Topliss-reactive ketones (excluding diaryl/α,β-unsaturated/α-hetero) is 1. The zero-order valence-corrected chi connectivity index (χ0v) is 10.1. The first-order valence-corrected chi connectivity index (χ1v) is 6.03. The Kier molecular flexibility index (Phi) is 3.47. The third kappa shape index (κ3) is 2.36. The number of ketones is 1. The fourth-order valence-electron chi connectivity index (χ4n) is 1.47. The van der Waals surface area contributed by atoms with Crippen LogP contribution in [0.5, 0.6) is 0 Å². The second-order valence-corrected chi connectivity index (χ2v) is 3.93. The first-order valence-electron chi connectivity index (χ1n) is 4.91. The molecule has 0 unspecified atom stereocenters. The number of hydrogen-bond donors (Lipinski definition) is 0. The molecule has 2 nitrogen and oxygen atoms in total. The number of rotatable bonds is 3. The maximum absolute atomic E-state index is 11.4. The van der Waals surface area contributed by atoms with Gasteiger partial charge in [-0.25, -0.2) is 0 Å². The smallest absolute Gasteiger partial charge is 0.173 e. The summed E-state index contributed by atoms with van der Waals surface area (Å²) < 4.78 is 0. The minimum absolute atomic E-state index is 0.0984. The molecule has 0 saturated heterocycles. The van der Waals surface area contributed by atoms with E-state index in [9.17, 15) is 4.79 Å². The third-order valence-corrected chi connectivity index (χ3v) is 2.85. The molecular weight excluding hydrogens is 266 g/mol. The van der Waals surface area contributed by atoms with Crippen LogP contribution in [0.15, 0.2) is 48.8 Å². The highest BCUT2D eigenvalue weighted by molar-refractivity contribution is 9.09. The molecule has 0 bridgehead atoms. The first kappa shape index (κ1) is 11.0. The van der Waals surface area contributed by atoms with E-state index in [2.05, 4.69) is 20.9 Å². The van der Waals surface area contributed by atoms with Crippen LogP contribution >= 0.6 is 15.9 Å². The van der Waals surface area contributed by atoms with E-state index in [1.807, 2.05) is 36.4 Å². The topological polar surface area (TPSA) is 30.0 Å². The monoisotopic (exact) mass is 275 g/mol. The Morgan fingerprint density at radius 1 is 1.00 bits per heavy atom. The lowest BCUT2D eigenvalue weighted by Gasteiger charge is -2.02. The largest absolute Gasteiger partial charge is 0.293 e. The van der Waals surface area contributed by atoms with E-state index >= 15 is 0 Å². The Labute approximate surface area is 102 Å². The Morgan fingerprint density at radius 2 is 1.56 bits per heavy atom. The normalized spacial score (nSPS) is 10.1. The fraction of sp³-hybridized carbons (Fsp3) is 0.0769. The molecule has 1 aromatic heterocycles. The standard InChI is InChI=1S/C13H10BrNO/c14-9-13(16)12-3-1-10(2-4-12)11-5-7-15-8-6-11/h1-8H,9H2. The van der Waals surface area contributed by atoms with Gasteiger partial charge >= 0.3 is 0 Å². The van der Waals surface area contributed by atoms with Gasteiger partial charge in [-0.3, -0.25) is 9.78 Å². The Morgan fingerprint density at radius 3 is 2.12 bits per heavy atom. The van der Waals surface area contributed by atoms with Gasteiger partial charge in [0, 0.05) is 18.0 Å². The van der Waals surface area contributed by atoms with Crippen molar-refractivity contribution >= 4 is 21.7 Å². The van der Waals surface area contributed by atoms with Crippen LogP contribution in [0.25, 0.3) is 11.1 Å². The average molecular weight is 276 g/mol. The predicted molar refractivity (Wildman–Crippen MR) is 67.8 cm³/mol. The van der Waals surface area contributed by atoms with Crippen molar-refractivity contribution in [1.82, 2.24) is 4.98 Å². The number of pyridine rings is 1. The summed E-state index contributed by atoms with van der Waals surface area (Å²) in [7, 11) is 0. The van der Waals surface area contributed by atoms with E-state index in [-0.39, 0.29) is 5.78 Å². The molecule has 0 aliphatic carbocycles. The number of alkyl halides is 1. The number of carbonyl (C=O) groups is 1. The lowest BCUT2D eigenvalue weighted by molar-refractivity contribution is 0.102. The molecule has 0 atom stereocenters. The summed E-state index contributed by atoms with van der Waals surface area (Å²) in [6, 6.07) is 11.5. The van der Waals surface area contributed by atoms with Crippen molar-refractivity contribution in [2.24, 2.45) is 0 Å². The van der Waals surface area contributed by atoms with E-state index in [0.29, 0.717) is 5.33 Å². The number of nitrogens with zero attached hydrogens (tertiary/aromatic N) is 1. The molecule has 0 N–H and O–H groups in total. The van der Waals surface area contributed by atoms with Crippen LogP contribution in [0.3, 0.4) is 0 Å². The van der Waals surface area contributed by atoms with Gasteiger partial charge in [0.1, 0.15) is 0 Å². The number of hydrogen-bond acceptors (Lipinski definition) is 2. The second-order valence-electron chi connectivity index (χ2n) is 3.37. The average Bonchev–Trinajstić information content (AvgIpc) is 2.39. The van der Waals surface area contributed by atoms with Crippen molar-refractivity contribution in [3.63, 3.8) is 0 Å². The summed E-state index contributed by atoms with van der Waals surface area (Å²) in [4.78, 5) is 15.4. The van der Waals surface area contributed by atoms with Crippen LogP contribution in [0, 0.1) is 0 Å². The van der Waals surface area contributed by atoms with Crippen molar-refractivity contribution in [2.45, 2.75) is 0 Å². The van der Waals surface area contributed by atoms with Gasteiger partial charge in [-0.05, 0) is 23.3 Å². The van der Waals surface area contributed by atoms with E-state index in [0.717, 1.165) is 16.7 Å². The number of benzene rings is 1.